The molecular weight excluding hydrogens is 482 g/mol. The van der Waals surface area contributed by atoms with Crippen molar-refractivity contribution < 1.29 is 14.3 Å². The van der Waals surface area contributed by atoms with Crippen LogP contribution >= 0.6 is 0 Å². The first kappa shape index (κ1) is 17.6. The van der Waals surface area contributed by atoms with Crippen molar-refractivity contribution in [1.29, 1.82) is 0 Å². The molecule has 3 nitrogen and oxygen atoms in total. The van der Waals surface area contributed by atoms with Crippen molar-refractivity contribution in [2.75, 3.05) is 0 Å². The molecule has 3 aliphatic carbocycles. The zero-order valence-electron chi connectivity index (χ0n) is 15.5. The van der Waals surface area contributed by atoms with Crippen molar-refractivity contribution >= 4 is 45.0 Å². The summed E-state index contributed by atoms with van der Waals surface area (Å²) in [6, 6.07) is 21.5. The number of ether oxygens (including phenoxy) is 2. The molecule has 6 rings (SSSR count). The second-order valence-electron chi connectivity index (χ2n) is 8.25. The second-order valence-corrected chi connectivity index (χ2v) is 13.6. The topological polar surface area (TPSA) is 35.5 Å². The Kier molecular flexibility index (Phi) is 4.00. The number of hydrogen-bond acceptors (Lipinski definition) is 3. The quantitative estimate of drug-likeness (QED) is 0.475. The minimum atomic E-state index is -0.404. The normalized spacial score (nSPS) is 40.1. The number of fused-ring (bicyclic) bond motifs is 1. The average Bonchev–Trinajstić information content (AvgIpc) is 3.28. The van der Waals surface area contributed by atoms with Gasteiger partial charge in [0, 0.05) is 0 Å². The summed E-state index contributed by atoms with van der Waals surface area (Å²) in [6.07, 6.45) is 4.30. The first-order valence-corrected chi connectivity index (χ1v) is 13.8. The zero-order chi connectivity index (χ0) is 18.8. The van der Waals surface area contributed by atoms with E-state index in [0.717, 1.165) is 0 Å². The summed E-state index contributed by atoms with van der Waals surface area (Å²) >= 11 is 0.601. The molecule has 0 N–H and O–H groups in total. The van der Waals surface area contributed by atoms with E-state index in [0.29, 0.717) is 51.4 Å². The van der Waals surface area contributed by atoms with Gasteiger partial charge in [-0.1, -0.05) is 0 Å². The monoisotopic (exact) mass is 506 g/mol. The molecule has 0 amide bonds. The molecule has 0 bridgehead atoms. The number of benzene rings is 2. The molecule has 2 aromatic rings. The van der Waals surface area contributed by atoms with Crippen molar-refractivity contribution in [3.05, 3.63) is 60.7 Å². The molecule has 0 unspecified atom stereocenters. The van der Waals surface area contributed by atoms with Crippen LogP contribution in [-0.4, -0.2) is 47.3 Å². The Bertz CT molecular complexity index is 831. The molecule has 6 atom stereocenters. The van der Waals surface area contributed by atoms with Crippen LogP contribution in [-0.2, 0) is 9.47 Å². The third-order valence-electron chi connectivity index (χ3n) is 7.18. The Morgan fingerprint density at radius 1 is 0.679 bits per heavy atom. The Labute approximate surface area is 177 Å². The molecule has 144 valence electrons. The van der Waals surface area contributed by atoms with E-state index < -0.39 is 6.16 Å². The molecule has 1 heterocycles. The first-order chi connectivity index (χ1) is 13.7. The van der Waals surface area contributed by atoms with Crippen molar-refractivity contribution in [3.63, 3.8) is 0 Å². The van der Waals surface area contributed by atoms with E-state index in [2.05, 4.69) is 60.7 Å². The van der Waals surface area contributed by atoms with Gasteiger partial charge in [-0.25, -0.2) is 0 Å². The Hall–Kier alpha value is -1.25. The molecule has 28 heavy (non-hydrogen) atoms. The fraction of sp³-hybridized carbons (Fsp3) is 0.435. The standard InChI is InChI=1S/C23H22O3Se2/c24-21-25-22-17(11-13-19(22)27-15-7-3-1-4-8-15)18-12-14-20(23(18,22)26-21)28-16-9-5-2-6-10-16/h1-10,17-20H,11-14H2/t17-,18+,19+,20-,22-,23+. The molecule has 1 aliphatic heterocycles. The molecular formula is C23H22O3Se2. The number of carbonyl (C=O) groups excluding carboxylic acids is 1. The number of carbonyl (C=O) groups is 1. The van der Waals surface area contributed by atoms with Crippen LogP contribution in [0.2, 0.25) is 9.63 Å². The number of hydrogen-bond donors (Lipinski definition) is 0. The second kappa shape index (κ2) is 6.37. The van der Waals surface area contributed by atoms with Crippen LogP contribution in [0.5, 0.6) is 0 Å². The Morgan fingerprint density at radius 2 is 1.11 bits per heavy atom. The molecule has 1 saturated heterocycles. The van der Waals surface area contributed by atoms with Crippen LogP contribution in [0.25, 0.3) is 0 Å². The van der Waals surface area contributed by atoms with Gasteiger partial charge in [-0.15, -0.1) is 0 Å². The average molecular weight is 504 g/mol. The van der Waals surface area contributed by atoms with Crippen LogP contribution in [0.1, 0.15) is 25.7 Å². The summed E-state index contributed by atoms with van der Waals surface area (Å²) in [5.74, 6) is 1.01. The van der Waals surface area contributed by atoms with Gasteiger partial charge < -0.3 is 0 Å². The van der Waals surface area contributed by atoms with Crippen molar-refractivity contribution in [2.24, 2.45) is 11.8 Å². The van der Waals surface area contributed by atoms with E-state index in [4.69, 9.17) is 9.47 Å². The molecule has 0 aromatic heterocycles. The summed E-state index contributed by atoms with van der Waals surface area (Å²) in [6.45, 7) is 0. The Morgan fingerprint density at radius 3 is 1.54 bits per heavy atom. The van der Waals surface area contributed by atoms with Gasteiger partial charge in [-0.2, -0.15) is 0 Å². The predicted molar refractivity (Wildman–Crippen MR) is 110 cm³/mol. The van der Waals surface area contributed by atoms with Crippen LogP contribution < -0.4 is 8.92 Å². The van der Waals surface area contributed by atoms with Crippen LogP contribution in [0.3, 0.4) is 0 Å². The molecule has 4 fully saturated rings. The molecule has 0 radical (unpaired) electrons. The zero-order valence-corrected chi connectivity index (χ0v) is 18.9. The van der Waals surface area contributed by atoms with E-state index in [1.165, 1.54) is 34.6 Å². The van der Waals surface area contributed by atoms with E-state index >= 15 is 0 Å². The summed E-state index contributed by atoms with van der Waals surface area (Å²) in [5.41, 5.74) is -0.718. The molecule has 4 aliphatic rings. The van der Waals surface area contributed by atoms with E-state index in [9.17, 15) is 4.79 Å². The molecule has 3 saturated carbocycles. The van der Waals surface area contributed by atoms with Crippen LogP contribution in [0.4, 0.5) is 4.79 Å². The first-order valence-electron chi connectivity index (χ1n) is 10.1. The van der Waals surface area contributed by atoms with Crippen LogP contribution in [0.15, 0.2) is 60.7 Å². The van der Waals surface area contributed by atoms with Gasteiger partial charge in [0.25, 0.3) is 0 Å². The molecule has 2 spiro atoms. The fourth-order valence-corrected chi connectivity index (χ4v) is 12.5. The van der Waals surface area contributed by atoms with E-state index in [-0.39, 0.29) is 11.2 Å². The fourth-order valence-electron chi connectivity index (χ4n) is 6.34. The van der Waals surface area contributed by atoms with Crippen molar-refractivity contribution in [2.45, 2.75) is 46.5 Å². The summed E-state index contributed by atoms with van der Waals surface area (Å²) in [7, 11) is 0. The summed E-state index contributed by atoms with van der Waals surface area (Å²) in [5, 5.41) is 0. The Balaban J connectivity index is 1.37. The van der Waals surface area contributed by atoms with Crippen LogP contribution in [0, 0.1) is 11.8 Å². The SMILES string of the molecule is O=C1O[C@]23[C@H]([Se]c4ccccc4)CC[C@H]2[C@H]2CC[C@H]([Se]c4ccccc4)[C@]23O1. The van der Waals surface area contributed by atoms with Gasteiger partial charge >= 0.3 is 178 Å². The molecule has 5 heteroatoms. The number of rotatable bonds is 4. The maximum absolute atomic E-state index is 12.5. The van der Waals surface area contributed by atoms with E-state index in [1.54, 1.807) is 0 Å². The van der Waals surface area contributed by atoms with Crippen molar-refractivity contribution in [3.8, 4) is 0 Å². The third kappa shape index (κ3) is 2.19. The van der Waals surface area contributed by atoms with Crippen molar-refractivity contribution in [1.82, 2.24) is 0 Å². The van der Waals surface area contributed by atoms with Gasteiger partial charge in [0.05, 0.1) is 0 Å². The maximum atomic E-state index is 12.5. The summed E-state index contributed by atoms with van der Waals surface area (Å²) in [4.78, 5) is 13.4. The third-order valence-corrected chi connectivity index (χ3v) is 13.1. The summed E-state index contributed by atoms with van der Waals surface area (Å²) < 4.78 is 15.2. The predicted octanol–water partition coefficient (Wildman–Crippen LogP) is 3.10. The van der Waals surface area contributed by atoms with Gasteiger partial charge in [-0.05, 0) is 0 Å². The van der Waals surface area contributed by atoms with Gasteiger partial charge in [-0.3, -0.25) is 0 Å². The molecule has 2 aromatic carbocycles. The van der Waals surface area contributed by atoms with Gasteiger partial charge in [0.2, 0.25) is 0 Å². The van der Waals surface area contributed by atoms with E-state index in [1.807, 2.05) is 0 Å². The van der Waals surface area contributed by atoms with Gasteiger partial charge in [0.1, 0.15) is 0 Å². The van der Waals surface area contributed by atoms with Gasteiger partial charge in [0.15, 0.2) is 0 Å². The minimum absolute atomic E-state index is 0.300.